The highest BCUT2D eigenvalue weighted by atomic mass is 35.5. The van der Waals surface area contributed by atoms with Crippen LogP contribution in [0.3, 0.4) is 0 Å². The summed E-state index contributed by atoms with van der Waals surface area (Å²) in [6.07, 6.45) is 8.40. The Morgan fingerprint density at radius 3 is 2.63 bits per heavy atom. The number of halogens is 4. The molecule has 5 nitrogen and oxygen atoms in total. The summed E-state index contributed by atoms with van der Waals surface area (Å²) in [7, 11) is 0. The Kier molecular flexibility index (Phi) is 8.88. The maximum atomic E-state index is 14.3. The maximum absolute atomic E-state index is 14.3. The lowest BCUT2D eigenvalue weighted by Gasteiger charge is -2.31. The lowest BCUT2D eigenvalue weighted by atomic mass is 9.93. The Morgan fingerprint density at radius 2 is 1.88 bits per heavy atom. The van der Waals surface area contributed by atoms with Gasteiger partial charge in [-0.05, 0) is 80.3 Å². The predicted molar refractivity (Wildman–Crippen MR) is 169 cm³/mol. The number of ether oxygens (including phenoxy) is 1. The van der Waals surface area contributed by atoms with Crippen LogP contribution in [0.4, 0.5) is 0 Å². The average molecular weight is 651 g/mol. The van der Waals surface area contributed by atoms with Gasteiger partial charge < -0.3 is 15.0 Å². The molecular weight excluding hydrogens is 620 g/mol. The smallest absolute Gasteiger partial charge is 0.252 e. The van der Waals surface area contributed by atoms with Gasteiger partial charge in [-0.3, -0.25) is 4.79 Å². The Hall–Kier alpha value is -1.80. The summed E-state index contributed by atoms with van der Waals surface area (Å²) in [6, 6.07) is 10.0. The van der Waals surface area contributed by atoms with Gasteiger partial charge in [0.15, 0.2) is 5.75 Å². The number of amides is 1. The third kappa shape index (κ3) is 6.43. The number of fused-ring (bicyclic) bond motifs is 2. The number of rotatable bonds is 10. The van der Waals surface area contributed by atoms with Crippen LogP contribution in [0, 0.1) is 6.92 Å². The molecule has 2 aromatic carbocycles. The van der Waals surface area contributed by atoms with E-state index in [1.165, 1.54) is 0 Å². The maximum Gasteiger partial charge on any atom is 0.252 e. The highest BCUT2D eigenvalue weighted by Crippen LogP contribution is 2.42. The number of hydrogen-bond acceptors (Lipinski definition) is 5. The summed E-state index contributed by atoms with van der Waals surface area (Å²) in [5.41, 5.74) is 3.91. The number of aromatic nitrogens is 1. The summed E-state index contributed by atoms with van der Waals surface area (Å²) < 4.78 is 5.90. The zero-order valence-corrected chi connectivity index (χ0v) is 26.5. The third-order valence-electron chi connectivity index (χ3n) is 7.99. The number of carbonyl (C=O) groups is 1. The van der Waals surface area contributed by atoms with Gasteiger partial charge in [-0.15, -0.1) is 11.3 Å². The minimum Gasteiger partial charge on any atom is -0.490 e. The van der Waals surface area contributed by atoms with Crippen LogP contribution < -0.4 is 10.1 Å². The van der Waals surface area contributed by atoms with Gasteiger partial charge in [0, 0.05) is 42.9 Å². The number of nitrogens with zero attached hydrogens (tertiary/aromatic N) is 2. The van der Waals surface area contributed by atoms with Crippen LogP contribution >= 0.6 is 57.7 Å². The molecule has 2 bridgehead atoms. The zero-order chi connectivity index (χ0) is 28.7. The van der Waals surface area contributed by atoms with Gasteiger partial charge in [0.05, 0.1) is 36.6 Å². The summed E-state index contributed by atoms with van der Waals surface area (Å²) in [4.78, 5) is 22.1. The van der Waals surface area contributed by atoms with E-state index in [1.54, 1.807) is 17.4 Å². The van der Waals surface area contributed by atoms with E-state index >= 15 is 0 Å². The predicted octanol–water partition coefficient (Wildman–Crippen LogP) is 8.55. The number of carbonyl (C=O) groups excluding carboxylic acids is 1. The molecule has 2 fully saturated rings. The van der Waals surface area contributed by atoms with Crippen molar-refractivity contribution >= 4 is 69.2 Å². The molecule has 3 heterocycles. The van der Waals surface area contributed by atoms with E-state index in [2.05, 4.69) is 5.32 Å². The fourth-order valence-corrected chi connectivity index (χ4v) is 7.95. The molecule has 1 N–H and O–H groups in total. The van der Waals surface area contributed by atoms with Crippen LogP contribution in [0.2, 0.25) is 20.1 Å². The first-order chi connectivity index (χ1) is 19.8. The van der Waals surface area contributed by atoms with Crippen molar-refractivity contribution in [2.24, 2.45) is 0 Å². The average Bonchev–Trinajstić information content (AvgIpc) is 3.55. The fourth-order valence-electron chi connectivity index (χ4n) is 5.84. The number of aryl methyl sites for hydroxylation is 2. The Bertz CT molecular complexity index is 1480. The van der Waals surface area contributed by atoms with Gasteiger partial charge >= 0.3 is 0 Å². The molecular formula is C31H31Cl4N3O2S. The second-order valence-electron chi connectivity index (χ2n) is 11.1. The summed E-state index contributed by atoms with van der Waals surface area (Å²) in [5.74, 6) is 0.628. The zero-order valence-electron chi connectivity index (χ0n) is 22.7. The number of thiazole rings is 1. The van der Waals surface area contributed by atoms with E-state index in [0.717, 1.165) is 77.1 Å². The van der Waals surface area contributed by atoms with Gasteiger partial charge in [-0.2, -0.15) is 0 Å². The SMILES string of the molecule is Cc1cc(Cl)c(OCCCc2ncc(C3=C(C(=O)N(Cc4cccc(Cl)c4Cl)C4CC4)C4CCC(C3)N4)s2)c(Cl)c1. The van der Waals surface area contributed by atoms with Crippen molar-refractivity contribution in [2.75, 3.05) is 6.61 Å². The van der Waals surface area contributed by atoms with E-state index in [0.29, 0.717) is 45.0 Å². The van der Waals surface area contributed by atoms with Crippen molar-refractivity contribution in [2.45, 2.75) is 76.5 Å². The normalized spacial score (nSPS) is 20.0. The van der Waals surface area contributed by atoms with Gasteiger partial charge in [0.2, 0.25) is 0 Å². The standard InChI is InChI=1S/C31H31Cl4N3O2S/c1-17-12-23(33)30(24(34)13-17)40-11-3-6-27-36-15-26(41-27)21-14-19-7-10-25(37-19)28(21)31(39)38(20-8-9-20)16-18-4-2-5-22(32)29(18)35/h2,4-5,12-13,15,19-20,25,37H,3,6-11,14,16H2,1H3. The van der Waals surface area contributed by atoms with Crippen molar-refractivity contribution in [1.82, 2.24) is 15.2 Å². The van der Waals surface area contributed by atoms with Crippen LogP contribution in [0.5, 0.6) is 5.75 Å². The van der Waals surface area contributed by atoms with E-state index < -0.39 is 0 Å². The first-order valence-corrected chi connectivity index (χ1v) is 16.4. The van der Waals surface area contributed by atoms with Crippen molar-refractivity contribution in [3.05, 3.63) is 83.2 Å². The first-order valence-electron chi connectivity index (χ1n) is 14.0. The molecule has 2 unspecified atom stereocenters. The topological polar surface area (TPSA) is 54.5 Å². The highest BCUT2D eigenvalue weighted by Gasteiger charge is 2.42. The quantitative estimate of drug-likeness (QED) is 0.223. The van der Waals surface area contributed by atoms with E-state index in [4.69, 9.17) is 56.1 Å². The molecule has 41 heavy (non-hydrogen) atoms. The molecule has 1 amide bonds. The Labute approximate surface area is 264 Å². The number of nitrogens with one attached hydrogen (secondary N) is 1. The molecule has 3 aliphatic rings. The van der Waals surface area contributed by atoms with Gasteiger partial charge in [0.25, 0.3) is 5.91 Å². The summed E-state index contributed by atoms with van der Waals surface area (Å²) in [5, 5.41) is 6.79. The van der Waals surface area contributed by atoms with Crippen LogP contribution in [0.15, 0.2) is 42.1 Å². The molecule has 0 spiro atoms. The molecule has 1 aliphatic carbocycles. The third-order valence-corrected chi connectivity index (χ3v) is 10.5. The molecule has 10 heteroatoms. The molecule has 0 radical (unpaired) electrons. The molecule has 1 saturated heterocycles. The van der Waals surface area contributed by atoms with Crippen LogP contribution in [0.1, 0.15) is 59.5 Å². The molecule has 2 atom stereocenters. The summed E-state index contributed by atoms with van der Waals surface area (Å²) >= 11 is 27.1. The number of hydrogen-bond donors (Lipinski definition) is 1. The molecule has 3 aromatic rings. The lowest BCUT2D eigenvalue weighted by molar-refractivity contribution is -0.128. The second-order valence-corrected chi connectivity index (χ2v) is 13.8. The molecule has 1 aromatic heterocycles. The van der Waals surface area contributed by atoms with Crippen LogP contribution in [-0.4, -0.2) is 40.5 Å². The first kappa shape index (κ1) is 29.3. The second kappa shape index (κ2) is 12.4. The highest BCUT2D eigenvalue weighted by molar-refractivity contribution is 7.12. The van der Waals surface area contributed by atoms with Gasteiger partial charge in [0.1, 0.15) is 0 Å². The van der Waals surface area contributed by atoms with Gasteiger partial charge in [-0.1, -0.05) is 58.5 Å². The van der Waals surface area contributed by atoms with Crippen molar-refractivity contribution in [3.63, 3.8) is 0 Å². The van der Waals surface area contributed by atoms with Crippen molar-refractivity contribution in [1.29, 1.82) is 0 Å². The van der Waals surface area contributed by atoms with E-state index in [9.17, 15) is 4.79 Å². The molecule has 2 aliphatic heterocycles. The fraction of sp³-hybridized carbons (Fsp3) is 0.419. The molecule has 1 saturated carbocycles. The van der Waals surface area contributed by atoms with Crippen molar-refractivity contribution in [3.8, 4) is 5.75 Å². The minimum atomic E-state index is 0.0651. The van der Waals surface area contributed by atoms with E-state index in [-0.39, 0.29) is 18.0 Å². The van der Waals surface area contributed by atoms with Gasteiger partial charge in [-0.25, -0.2) is 4.98 Å². The van der Waals surface area contributed by atoms with Crippen LogP contribution in [0.25, 0.3) is 5.57 Å². The van der Waals surface area contributed by atoms with E-state index in [1.807, 2.05) is 42.3 Å². The Morgan fingerprint density at radius 1 is 1.10 bits per heavy atom. The van der Waals surface area contributed by atoms with Crippen LogP contribution in [-0.2, 0) is 17.8 Å². The Balaban J connectivity index is 1.19. The minimum absolute atomic E-state index is 0.0651. The lowest BCUT2D eigenvalue weighted by Crippen LogP contribution is -2.44. The largest absolute Gasteiger partial charge is 0.490 e. The molecule has 6 rings (SSSR count). The monoisotopic (exact) mass is 649 g/mol. The molecule has 216 valence electrons. The summed E-state index contributed by atoms with van der Waals surface area (Å²) in [6.45, 7) is 2.89. The number of benzene rings is 2. The van der Waals surface area contributed by atoms with Crippen molar-refractivity contribution < 1.29 is 9.53 Å².